The molecular formula is C17H24ClN. The molecule has 1 nitrogen and oxygen atoms in total. The number of hydrogen-bond donors (Lipinski definition) is 1. The Morgan fingerprint density at radius 1 is 0.947 bits per heavy atom. The molecule has 1 aliphatic rings. The van der Waals surface area contributed by atoms with Crippen molar-refractivity contribution in [1.29, 1.82) is 0 Å². The summed E-state index contributed by atoms with van der Waals surface area (Å²) < 4.78 is 0. The van der Waals surface area contributed by atoms with Crippen LogP contribution in [-0.4, -0.2) is 12.6 Å². The van der Waals surface area contributed by atoms with Gasteiger partial charge in [-0.3, -0.25) is 0 Å². The fraction of sp³-hybridized carbons (Fsp3) is 0.529. The van der Waals surface area contributed by atoms with E-state index in [-0.39, 0.29) is 12.4 Å². The van der Waals surface area contributed by atoms with E-state index in [0.717, 1.165) is 12.1 Å². The molecule has 2 heteroatoms. The van der Waals surface area contributed by atoms with Crippen molar-refractivity contribution in [2.45, 2.75) is 51.0 Å². The molecule has 0 spiro atoms. The van der Waals surface area contributed by atoms with Crippen LogP contribution in [0.2, 0.25) is 0 Å². The second kappa shape index (κ2) is 9.89. The molecule has 0 heterocycles. The summed E-state index contributed by atoms with van der Waals surface area (Å²) >= 11 is 0. The minimum atomic E-state index is 0. The van der Waals surface area contributed by atoms with E-state index in [4.69, 9.17) is 0 Å². The third-order valence-corrected chi connectivity index (χ3v) is 3.59. The number of benzene rings is 1. The smallest absolute Gasteiger partial charge is 0.0582 e. The zero-order valence-corrected chi connectivity index (χ0v) is 12.3. The molecule has 2 rings (SSSR count). The predicted octanol–water partition coefficient (Wildman–Crippen LogP) is 4.16. The molecule has 104 valence electrons. The third-order valence-electron chi connectivity index (χ3n) is 3.59. The summed E-state index contributed by atoms with van der Waals surface area (Å²) in [6, 6.07) is 10.9. The molecule has 0 aliphatic heterocycles. The maximum atomic E-state index is 3.59. The van der Waals surface area contributed by atoms with Crippen LogP contribution in [0, 0.1) is 11.8 Å². The van der Waals surface area contributed by atoms with E-state index < -0.39 is 0 Å². The predicted molar refractivity (Wildman–Crippen MR) is 84.7 cm³/mol. The van der Waals surface area contributed by atoms with Gasteiger partial charge in [0.05, 0.1) is 6.54 Å². The van der Waals surface area contributed by atoms with Crippen LogP contribution < -0.4 is 5.32 Å². The molecule has 1 fully saturated rings. The Labute approximate surface area is 123 Å². The minimum Gasteiger partial charge on any atom is -0.303 e. The van der Waals surface area contributed by atoms with Gasteiger partial charge in [-0.05, 0) is 25.0 Å². The average molecular weight is 278 g/mol. The lowest BCUT2D eigenvalue weighted by Crippen LogP contribution is -2.29. The van der Waals surface area contributed by atoms with E-state index in [2.05, 4.69) is 29.3 Å². The van der Waals surface area contributed by atoms with E-state index in [0.29, 0.717) is 6.04 Å². The Balaban J connectivity index is 0.00000180. The standard InChI is InChI=1S/C17H23N.ClH/c1-2-7-13-17(14-8-3-1)18-15-9-12-16-10-5-4-6-11-16;/h4-6,10-11,17-18H,1-3,7-8,13-15H2;1H. The van der Waals surface area contributed by atoms with Crippen LogP contribution in [0.5, 0.6) is 0 Å². The summed E-state index contributed by atoms with van der Waals surface area (Å²) in [4.78, 5) is 0. The van der Waals surface area contributed by atoms with E-state index in [1.807, 2.05) is 18.2 Å². The first-order valence-electron chi connectivity index (χ1n) is 7.22. The zero-order chi connectivity index (χ0) is 12.5. The number of rotatable bonds is 2. The van der Waals surface area contributed by atoms with Crippen molar-refractivity contribution in [3.8, 4) is 11.8 Å². The van der Waals surface area contributed by atoms with Gasteiger partial charge in [0, 0.05) is 11.6 Å². The second-order valence-corrected chi connectivity index (χ2v) is 5.09. The van der Waals surface area contributed by atoms with Crippen molar-refractivity contribution in [2.24, 2.45) is 0 Å². The van der Waals surface area contributed by atoms with Gasteiger partial charge in [-0.25, -0.2) is 0 Å². The van der Waals surface area contributed by atoms with E-state index in [1.165, 1.54) is 44.9 Å². The van der Waals surface area contributed by atoms with Crippen LogP contribution in [-0.2, 0) is 0 Å². The molecule has 0 amide bonds. The Hall–Kier alpha value is -0.970. The summed E-state index contributed by atoms with van der Waals surface area (Å²) in [7, 11) is 0. The number of nitrogens with one attached hydrogen (secondary N) is 1. The van der Waals surface area contributed by atoms with Gasteiger partial charge in [-0.15, -0.1) is 12.4 Å². The lowest BCUT2D eigenvalue weighted by Gasteiger charge is -2.19. The summed E-state index contributed by atoms with van der Waals surface area (Å²) in [5.74, 6) is 6.42. The molecule has 1 N–H and O–H groups in total. The maximum absolute atomic E-state index is 3.59. The van der Waals surface area contributed by atoms with Crippen molar-refractivity contribution in [3.05, 3.63) is 35.9 Å². The van der Waals surface area contributed by atoms with Gasteiger partial charge < -0.3 is 5.32 Å². The number of halogens is 1. The molecule has 0 aromatic heterocycles. The summed E-state index contributed by atoms with van der Waals surface area (Å²) in [6.07, 6.45) is 9.66. The van der Waals surface area contributed by atoms with Crippen molar-refractivity contribution >= 4 is 12.4 Å². The van der Waals surface area contributed by atoms with Gasteiger partial charge in [0.2, 0.25) is 0 Å². The molecule has 1 aliphatic carbocycles. The van der Waals surface area contributed by atoms with Gasteiger partial charge in [-0.1, -0.05) is 62.1 Å². The first-order chi connectivity index (χ1) is 8.95. The summed E-state index contributed by atoms with van der Waals surface area (Å²) in [6.45, 7) is 0.819. The molecule has 19 heavy (non-hydrogen) atoms. The average Bonchev–Trinajstić information content (AvgIpc) is 2.38. The highest BCUT2D eigenvalue weighted by Gasteiger charge is 2.09. The van der Waals surface area contributed by atoms with Gasteiger partial charge in [0.25, 0.3) is 0 Å². The maximum Gasteiger partial charge on any atom is 0.0582 e. The highest BCUT2D eigenvalue weighted by molar-refractivity contribution is 5.85. The Morgan fingerprint density at radius 2 is 1.58 bits per heavy atom. The SMILES string of the molecule is C(#Cc1ccccc1)CNC1CCCCCCC1.Cl. The molecule has 1 aromatic rings. The Bertz CT molecular complexity index is 383. The van der Waals surface area contributed by atoms with E-state index in [9.17, 15) is 0 Å². The van der Waals surface area contributed by atoms with Crippen LogP contribution in [0.4, 0.5) is 0 Å². The summed E-state index contributed by atoms with van der Waals surface area (Å²) in [5.41, 5.74) is 1.11. The molecule has 0 unspecified atom stereocenters. The normalized spacial score (nSPS) is 16.4. The monoisotopic (exact) mass is 277 g/mol. The third kappa shape index (κ3) is 6.66. The minimum absolute atomic E-state index is 0. The van der Waals surface area contributed by atoms with Gasteiger partial charge in [-0.2, -0.15) is 0 Å². The second-order valence-electron chi connectivity index (χ2n) is 5.09. The Kier molecular flexibility index (Phi) is 8.38. The topological polar surface area (TPSA) is 12.0 Å². The van der Waals surface area contributed by atoms with Crippen molar-refractivity contribution in [2.75, 3.05) is 6.54 Å². The quantitative estimate of drug-likeness (QED) is 0.801. The van der Waals surface area contributed by atoms with Crippen LogP contribution in [0.25, 0.3) is 0 Å². The number of hydrogen-bond acceptors (Lipinski definition) is 1. The van der Waals surface area contributed by atoms with Gasteiger partial charge in [0.1, 0.15) is 0 Å². The molecule has 1 saturated carbocycles. The van der Waals surface area contributed by atoms with Crippen molar-refractivity contribution in [3.63, 3.8) is 0 Å². The lowest BCUT2D eigenvalue weighted by atomic mass is 9.97. The largest absolute Gasteiger partial charge is 0.303 e. The molecule has 0 saturated heterocycles. The van der Waals surface area contributed by atoms with Crippen molar-refractivity contribution in [1.82, 2.24) is 5.32 Å². The van der Waals surface area contributed by atoms with Crippen LogP contribution in [0.15, 0.2) is 30.3 Å². The molecular weight excluding hydrogens is 254 g/mol. The first-order valence-corrected chi connectivity index (χ1v) is 7.22. The fourth-order valence-corrected chi connectivity index (χ4v) is 2.52. The molecule has 1 aromatic carbocycles. The van der Waals surface area contributed by atoms with E-state index >= 15 is 0 Å². The van der Waals surface area contributed by atoms with E-state index in [1.54, 1.807) is 0 Å². The molecule has 0 atom stereocenters. The highest BCUT2D eigenvalue weighted by Crippen LogP contribution is 2.16. The molecule has 0 bridgehead atoms. The molecule has 0 radical (unpaired) electrons. The summed E-state index contributed by atoms with van der Waals surface area (Å²) in [5, 5.41) is 3.59. The van der Waals surface area contributed by atoms with Crippen molar-refractivity contribution < 1.29 is 0 Å². The Morgan fingerprint density at radius 3 is 2.26 bits per heavy atom. The van der Waals surface area contributed by atoms with Crippen LogP contribution in [0.1, 0.15) is 50.5 Å². The van der Waals surface area contributed by atoms with Gasteiger partial charge in [0.15, 0.2) is 0 Å². The fourth-order valence-electron chi connectivity index (χ4n) is 2.52. The van der Waals surface area contributed by atoms with Crippen LogP contribution >= 0.6 is 12.4 Å². The zero-order valence-electron chi connectivity index (χ0n) is 11.5. The highest BCUT2D eigenvalue weighted by atomic mass is 35.5. The first kappa shape index (κ1) is 16.1. The lowest BCUT2D eigenvalue weighted by molar-refractivity contribution is 0.403. The van der Waals surface area contributed by atoms with Crippen LogP contribution in [0.3, 0.4) is 0 Å². The van der Waals surface area contributed by atoms with Gasteiger partial charge >= 0.3 is 0 Å².